The first-order chi connectivity index (χ1) is 11.8. The van der Waals surface area contributed by atoms with Crippen LogP contribution in [-0.4, -0.2) is 30.9 Å². The summed E-state index contributed by atoms with van der Waals surface area (Å²) in [5.74, 6) is -5.98. The van der Waals surface area contributed by atoms with E-state index in [0.717, 1.165) is 5.56 Å². The number of halogens is 4. The van der Waals surface area contributed by atoms with Crippen LogP contribution in [0.15, 0.2) is 30.3 Å². The highest BCUT2D eigenvalue weighted by Crippen LogP contribution is 2.23. The van der Waals surface area contributed by atoms with Crippen molar-refractivity contribution in [1.82, 2.24) is 0 Å². The first kappa shape index (κ1) is 20.9. The third-order valence-electron chi connectivity index (χ3n) is 3.32. The van der Waals surface area contributed by atoms with Gasteiger partial charge in [0, 0.05) is 12.8 Å². The summed E-state index contributed by atoms with van der Waals surface area (Å²) in [6, 6.07) is 9.11. The molecule has 140 valence electrons. The maximum absolute atomic E-state index is 12.6. The van der Waals surface area contributed by atoms with Gasteiger partial charge >= 0.3 is 24.3 Å². The zero-order valence-electron chi connectivity index (χ0n) is 13.7. The highest BCUT2D eigenvalue weighted by molar-refractivity contribution is 5.72. The summed E-state index contributed by atoms with van der Waals surface area (Å²) in [6.07, 6.45) is -4.17. The van der Waals surface area contributed by atoms with E-state index in [1.807, 2.05) is 37.3 Å². The highest BCUT2D eigenvalue weighted by atomic mass is 19.3. The average Bonchev–Trinajstić information content (AvgIpc) is 2.58. The molecule has 0 aliphatic heterocycles. The molecule has 0 heterocycles. The summed E-state index contributed by atoms with van der Waals surface area (Å²) >= 11 is 0. The van der Waals surface area contributed by atoms with Gasteiger partial charge in [0.05, 0.1) is 0 Å². The first-order valence-corrected chi connectivity index (χ1v) is 7.82. The molecular formula is C17H20F4O4. The zero-order valence-corrected chi connectivity index (χ0v) is 13.7. The lowest BCUT2D eigenvalue weighted by Crippen LogP contribution is -2.33. The van der Waals surface area contributed by atoms with Gasteiger partial charge in [0.25, 0.3) is 0 Å². The number of rotatable bonds is 10. The second kappa shape index (κ2) is 10.0. The molecule has 0 aliphatic carbocycles. The lowest BCUT2D eigenvalue weighted by atomic mass is 10.1. The maximum Gasteiger partial charge on any atom is 0.340 e. The van der Waals surface area contributed by atoms with Crippen LogP contribution in [0.4, 0.5) is 17.6 Å². The van der Waals surface area contributed by atoms with Gasteiger partial charge in [-0.3, -0.25) is 9.59 Å². The Morgan fingerprint density at radius 3 is 2.24 bits per heavy atom. The van der Waals surface area contributed by atoms with Gasteiger partial charge in [0.1, 0.15) is 6.10 Å². The molecule has 0 spiro atoms. The molecule has 1 rings (SSSR count). The minimum atomic E-state index is -4.38. The lowest BCUT2D eigenvalue weighted by Gasteiger charge is -2.16. The van der Waals surface area contributed by atoms with Gasteiger partial charge < -0.3 is 9.47 Å². The van der Waals surface area contributed by atoms with Gasteiger partial charge in [0.15, 0.2) is 6.61 Å². The van der Waals surface area contributed by atoms with Gasteiger partial charge in [-0.1, -0.05) is 37.3 Å². The molecule has 0 bridgehead atoms. The molecule has 1 atom stereocenters. The van der Waals surface area contributed by atoms with Crippen LogP contribution in [-0.2, 0) is 19.1 Å². The molecule has 1 aromatic carbocycles. The van der Waals surface area contributed by atoms with Gasteiger partial charge in [-0.05, 0) is 18.4 Å². The summed E-state index contributed by atoms with van der Waals surface area (Å²) in [5, 5.41) is 0. The lowest BCUT2D eigenvalue weighted by molar-refractivity contribution is -0.179. The number of carbonyl (C=O) groups is 2. The fraction of sp³-hybridized carbons (Fsp3) is 0.529. The number of hydrogen-bond donors (Lipinski definition) is 0. The molecule has 0 amide bonds. The molecule has 0 saturated carbocycles. The van der Waals surface area contributed by atoms with E-state index < -0.39 is 37.0 Å². The van der Waals surface area contributed by atoms with E-state index in [1.165, 1.54) is 0 Å². The maximum atomic E-state index is 12.6. The zero-order chi connectivity index (χ0) is 18.9. The summed E-state index contributed by atoms with van der Waals surface area (Å²) in [5.41, 5.74) is 0.840. The van der Waals surface area contributed by atoms with Crippen LogP contribution < -0.4 is 0 Å². The van der Waals surface area contributed by atoms with Crippen LogP contribution in [0.3, 0.4) is 0 Å². The molecule has 8 heteroatoms. The smallest absolute Gasteiger partial charge is 0.340 e. The Morgan fingerprint density at radius 2 is 1.68 bits per heavy atom. The SMILES string of the molecule is CCC(OC(=O)CCCC(=O)OCC(F)(F)C(F)F)c1ccccc1. The van der Waals surface area contributed by atoms with Gasteiger partial charge in [0.2, 0.25) is 0 Å². The van der Waals surface area contributed by atoms with Crippen molar-refractivity contribution in [2.24, 2.45) is 0 Å². The Labute approximate surface area is 143 Å². The molecule has 25 heavy (non-hydrogen) atoms. The highest BCUT2D eigenvalue weighted by Gasteiger charge is 2.42. The summed E-state index contributed by atoms with van der Waals surface area (Å²) in [4.78, 5) is 23.0. The third kappa shape index (κ3) is 7.53. The van der Waals surface area contributed by atoms with E-state index in [2.05, 4.69) is 4.74 Å². The average molecular weight is 364 g/mol. The van der Waals surface area contributed by atoms with E-state index in [1.54, 1.807) is 0 Å². The molecule has 4 nitrogen and oxygen atoms in total. The van der Waals surface area contributed by atoms with Crippen molar-refractivity contribution in [2.45, 2.75) is 51.1 Å². The predicted octanol–water partition coefficient (Wildman–Crippen LogP) is 4.29. The number of alkyl halides is 4. The second-order valence-electron chi connectivity index (χ2n) is 5.37. The van der Waals surface area contributed by atoms with Crippen molar-refractivity contribution in [3.05, 3.63) is 35.9 Å². The molecule has 0 radical (unpaired) electrons. The van der Waals surface area contributed by atoms with Gasteiger partial charge in [-0.15, -0.1) is 0 Å². The van der Waals surface area contributed by atoms with Crippen LogP contribution in [0.25, 0.3) is 0 Å². The summed E-state index contributed by atoms with van der Waals surface area (Å²) < 4.78 is 58.4. The van der Waals surface area contributed by atoms with Crippen LogP contribution in [0.1, 0.15) is 44.3 Å². The fourth-order valence-corrected chi connectivity index (χ4v) is 1.96. The van der Waals surface area contributed by atoms with E-state index >= 15 is 0 Å². The molecule has 0 fully saturated rings. The van der Waals surface area contributed by atoms with Crippen molar-refractivity contribution in [1.29, 1.82) is 0 Å². The van der Waals surface area contributed by atoms with Crippen LogP contribution in [0.2, 0.25) is 0 Å². The van der Waals surface area contributed by atoms with E-state index in [4.69, 9.17) is 4.74 Å². The first-order valence-electron chi connectivity index (χ1n) is 7.82. The van der Waals surface area contributed by atoms with Crippen LogP contribution >= 0.6 is 0 Å². The number of carbonyl (C=O) groups excluding carboxylic acids is 2. The predicted molar refractivity (Wildman–Crippen MR) is 81.3 cm³/mol. The molecule has 0 aliphatic rings. The second-order valence-corrected chi connectivity index (χ2v) is 5.37. The molecule has 1 unspecified atom stereocenters. The minimum Gasteiger partial charge on any atom is -0.459 e. The van der Waals surface area contributed by atoms with Crippen molar-refractivity contribution in [3.8, 4) is 0 Å². The van der Waals surface area contributed by atoms with Crippen LogP contribution in [0.5, 0.6) is 0 Å². The van der Waals surface area contributed by atoms with E-state index in [0.29, 0.717) is 6.42 Å². The Balaban J connectivity index is 2.31. The van der Waals surface area contributed by atoms with Crippen molar-refractivity contribution in [3.63, 3.8) is 0 Å². The normalized spacial score (nSPS) is 12.7. The number of ether oxygens (including phenoxy) is 2. The van der Waals surface area contributed by atoms with Gasteiger partial charge in [-0.2, -0.15) is 8.78 Å². The molecule has 1 aromatic rings. The number of benzene rings is 1. The Kier molecular flexibility index (Phi) is 8.37. The monoisotopic (exact) mass is 364 g/mol. The number of hydrogen-bond acceptors (Lipinski definition) is 4. The Morgan fingerprint density at radius 1 is 1.08 bits per heavy atom. The third-order valence-corrected chi connectivity index (χ3v) is 3.32. The standard InChI is InChI=1S/C17H20F4O4/c1-2-13(12-7-4-3-5-8-12)25-15(23)10-6-9-14(22)24-11-17(20,21)16(18)19/h3-5,7-8,13,16H,2,6,9-11H2,1H3. The minimum absolute atomic E-state index is 0.0170. The largest absolute Gasteiger partial charge is 0.459 e. The van der Waals surface area contributed by atoms with Crippen molar-refractivity contribution < 1.29 is 36.6 Å². The molecule has 0 N–H and O–H groups in total. The Bertz CT molecular complexity index is 549. The molecule has 0 aromatic heterocycles. The summed E-state index contributed by atoms with van der Waals surface area (Å²) in [7, 11) is 0. The Hall–Kier alpha value is -2.12. The fourth-order valence-electron chi connectivity index (χ4n) is 1.96. The van der Waals surface area contributed by atoms with Crippen molar-refractivity contribution in [2.75, 3.05) is 6.61 Å². The van der Waals surface area contributed by atoms with E-state index in [9.17, 15) is 27.2 Å². The van der Waals surface area contributed by atoms with E-state index in [-0.39, 0.29) is 19.3 Å². The molecular weight excluding hydrogens is 344 g/mol. The quantitative estimate of drug-likeness (QED) is 0.459. The topological polar surface area (TPSA) is 52.6 Å². The molecule has 0 saturated heterocycles. The van der Waals surface area contributed by atoms with Crippen LogP contribution in [0, 0.1) is 0 Å². The van der Waals surface area contributed by atoms with Gasteiger partial charge in [-0.25, -0.2) is 8.78 Å². The van der Waals surface area contributed by atoms with Crippen molar-refractivity contribution >= 4 is 11.9 Å². The summed E-state index contributed by atoms with van der Waals surface area (Å²) in [6.45, 7) is 0.172. The number of esters is 2.